The smallest absolute Gasteiger partial charge is 0.121 e. The van der Waals surface area contributed by atoms with Gasteiger partial charge >= 0.3 is 0 Å². The average molecular weight is 264 g/mol. The second-order valence-electron chi connectivity index (χ2n) is 5.03. The van der Waals surface area contributed by atoms with Gasteiger partial charge in [-0.1, -0.05) is 12.1 Å². The molecule has 19 heavy (non-hydrogen) atoms. The summed E-state index contributed by atoms with van der Waals surface area (Å²) in [5.74, 6) is 0.942. The molecule has 0 aliphatic carbocycles. The maximum atomic E-state index is 5.51. The molecule has 0 radical (unpaired) electrons. The van der Waals surface area contributed by atoms with E-state index in [9.17, 15) is 0 Å². The summed E-state index contributed by atoms with van der Waals surface area (Å²) in [5, 5.41) is 6.90. The monoisotopic (exact) mass is 264 g/mol. The van der Waals surface area contributed by atoms with Crippen molar-refractivity contribution in [3.63, 3.8) is 0 Å². The van der Waals surface area contributed by atoms with Gasteiger partial charge in [-0.3, -0.25) is 0 Å². The fourth-order valence-corrected chi connectivity index (χ4v) is 2.59. The van der Waals surface area contributed by atoms with Crippen LogP contribution in [0.5, 0.6) is 5.75 Å². The number of hydrogen-bond donors (Lipinski definition) is 2. The minimum Gasteiger partial charge on any atom is -0.496 e. The summed E-state index contributed by atoms with van der Waals surface area (Å²) in [7, 11) is 3.72. The SMILES string of the molecule is CNC(CC1COCCN1)c1ccc(OC)c(C)c1. The Labute approximate surface area is 115 Å². The fraction of sp³-hybridized carbons (Fsp3) is 0.600. The van der Waals surface area contributed by atoms with E-state index in [2.05, 4.69) is 29.7 Å². The standard InChI is InChI=1S/C15H24N2O2/c1-11-8-12(4-5-15(11)18-3)14(16-2)9-13-10-19-7-6-17-13/h4-5,8,13-14,16-17H,6-7,9-10H2,1-3H3. The van der Waals surface area contributed by atoms with Crippen LogP contribution in [0.25, 0.3) is 0 Å². The van der Waals surface area contributed by atoms with E-state index in [1.165, 1.54) is 11.1 Å². The third-order valence-corrected chi connectivity index (χ3v) is 3.69. The van der Waals surface area contributed by atoms with Crippen LogP contribution in [0.3, 0.4) is 0 Å². The summed E-state index contributed by atoms with van der Waals surface area (Å²) in [6.07, 6.45) is 1.03. The first-order valence-electron chi connectivity index (χ1n) is 6.87. The molecule has 1 aromatic carbocycles. The van der Waals surface area contributed by atoms with Gasteiger partial charge in [-0.15, -0.1) is 0 Å². The zero-order valence-corrected chi connectivity index (χ0v) is 12.0. The van der Waals surface area contributed by atoms with Gasteiger partial charge in [0.05, 0.1) is 20.3 Å². The maximum absolute atomic E-state index is 5.51. The highest BCUT2D eigenvalue weighted by Gasteiger charge is 2.19. The predicted molar refractivity (Wildman–Crippen MR) is 76.8 cm³/mol. The number of benzene rings is 1. The molecule has 1 aromatic rings. The first kappa shape index (κ1) is 14.3. The van der Waals surface area contributed by atoms with Crippen LogP contribution < -0.4 is 15.4 Å². The third kappa shape index (κ3) is 3.69. The summed E-state index contributed by atoms with van der Waals surface area (Å²) in [6.45, 7) is 4.65. The molecule has 0 amide bonds. The zero-order chi connectivity index (χ0) is 13.7. The summed E-state index contributed by atoms with van der Waals surface area (Å²) in [6, 6.07) is 7.14. The zero-order valence-electron chi connectivity index (χ0n) is 12.0. The first-order chi connectivity index (χ1) is 9.24. The lowest BCUT2D eigenvalue weighted by Gasteiger charge is -2.28. The Morgan fingerprint density at radius 2 is 2.37 bits per heavy atom. The first-order valence-corrected chi connectivity index (χ1v) is 6.87. The quantitative estimate of drug-likeness (QED) is 0.848. The van der Waals surface area contributed by atoms with Gasteiger partial charge in [-0.2, -0.15) is 0 Å². The second-order valence-corrected chi connectivity index (χ2v) is 5.03. The second kappa shape index (κ2) is 6.89. The molecule has 106 valence electrons. The maximum Gasteiger partial charge on any atom is 0.121 e. The lowest BCUT2D eigenvalue weighted by atomic mass is 9.97. The molecule has 4 nitrogen and oxygen atoms in total. The molecule has 0 aromatic heterocycles. The topological polar surface area (TPSA) is 42.5 Å². The highest BCUT2D eigenvalue weighted by atomic mass is 16.5. The molecule has 4 heteroatoms. The Balaban J connectivity index is 2.05. The molecule has 1 heterocycles. The molecule has 0 spiro atoms. The fourth-order valence-electron chi connectivity index (χ4n) is 2.59. The number of nitrogens with one attached hydrogen (secondary N) is 2. The van der Waals surface area contributed by atoms with Crippen LogP contribution in [-0.2, 0) is 4.74 Å². The van der Waals surface area contributed by atoms with Crippen molar-refractivity contribution in [3.8, 4) is 5.75 Å². The molecule has 1 fully saturated rings. The Morgan fingerprint density at radius 1 is 1.53 bits per heavy atom. The number of morpholine rings is 1. The third-order valence-electron chi connectivity index (χ3n) is 3.69. The van der Waals surface area contributed by atoms with Gasteiger partial charge in [0.15, 0.2) is 0 Å². The number of hydrogen-bond acceptors (Lipinski definition) is 4. The van der Waals surface area contributed by atoms with Crippen molar-refractivity contribution in [3.05, 3.63) is 29.3 Å². The van der Waals surface area contributed by atoms with E-state index in [4.69, 9.17) is 9.47 Å². The largest absolute Gasteiger partial charge is 0.496 e. The molecule has 1 saturated heterocycles. The van der Waals surface area contributed by atoms with Crippen LogP contribution in [0.2, 0.25) is 0 Å². The molecule has 1 aliphatic heterocycles. The number of rotatable bonds is 5. The van der Waals surface area contributed by atoms with Crippen LogP contribution in [-0.4, -0.2) is 40.0 Å². The van der Waals surface area contributed by atoms with E-state index in [-0.39, 0.29) is 0 Å². The normalized spacial score (nSPS) is 21.1. The lowest BCUT2D eigenvalue weighted by Crippen LogP contribution is -2.43. The van der Waals surface area contributed by atoms with Gasteiger partial charge in [-0.25, -0.2) is 0 Å². The predicted octanol–water partition coefficient (Wildman–Crippen LogP) is 1.64. The summed E-state index contributed by atoms with van der Waals surface area (Å²) in [5.41, 5.74) is 2.47. The van der Waals surface area contributed by atoms with Gasteiger partial charge in [0.1, 0.15) is 5.75 Å². The van der Waals surface area contributed by atoms with E-state index < -0.39 is 0 Å². The van der Waals surface area contributed by atoms with Crippen LogP contribution in [0.4, 0.5) is 0 Å². The van der Waals surface area contributed by atoms with E-state index in [1.54, 1.807) is 7.11 Å². The summed E-state index contributed by atoms with van der Waals surface area (Å²) >= 11 is 0. The molecule has 0 bridgehead atoms. The highest BCUT2D eigenvalue weighted by molar-refractivity contribution is 5.37. The molecule has 2 rings (SSSR count). The number of ether oxygens (including phenoxy) is 2. The Morgan fingerprint density at radius 3 is 2.95 bits per heavy atom. The van der Waals surface area contributed by atoms with Crippen molar-refractivity contribution in [2.24, 2.45) is 0 Å². The number of aryl methyl sites for hydroxylation is 1. The minimum absolute atomic E-state index is 0.337. The molecule has 0 saturated carbocycles. The van der Waals surface area contributed by atoms with E-state index in [1.807, 2.05) is 13.1 Å². The lowest BCUT2D eigenvalue weighted by molar-refractivity contribution is 0.0708. The van der Waals surface area contributed by atoms with Gasteiger partial charge in [0.2, 0.25) is 0 Å². The summed E-state index contributed by atoms with van der Waals surface area (Å²) < 4.78 is 10.8. The van der Waals surface area contributed by atoms with Gasteiger partial charge < -0.3 is 20.1 Å². The van der Waals surface area contributed by atoms with Crippen LogP contribution >= 0.6 is 0 Å². The number of methoxy groups -OCH3 is 1. The van der Waals surface area contributed by atoms with E-state index in [0.29, 0.717) is 12.1 Å². The Hall–Kier alpha value is -1.10. The highest BCUT2D eigenvalue weighted by Crippen LogP contribution is 2.25. The van der Waals surface area contributed by atoms with Gasteiger partial charge in [-0.05, 0) is 37.6 Å². The van der Waals surface area contributed by atoms with Crippen molar-refractivity contribution in [2.45, 2.75) is 25.4 Å². The van der Waals surface area contributed by atoms with Crippen molar-refractivity contribution in [1.29, 1.82) is 0 Å². The van der Waals surface area contributed by atoms with Crippen LogP contribution in [0.15, 0.2) is 18.2 Å². The Bertz CT molecular complexity index is 403. The van der Waals surface area contributed by atoms with Crippen LogP contribution in [0, 0.1) is 6.92 Å². The van der Waals surface area contributed by atoms with Gasteiger partial charge in [0.25, 0.3) is 0 Å². The van der Waals surface area contributed by atoms with Crippen LogP contribution in [0.1, 0.15) is 23.6 Å². The van der Waals surface area contributed by atoms with Crippen molar-refractivity contribution >= 4 is 0 Å². The molecule has 2 unspecified atom stereocenters. The minimum atomic E-state index is 0.337. The molecule has 1 aliphatic rings. The molecular weight excluding hydrogens is 240 g/mol. The molecular formula is C15H24N2O2. The van der Waals surface area contributed by atoms with Crippen molar-refractivity contribution in [2.75, 3.05) is 33.9 Å². The van der Waals surface area contributed by atoms with Gasteiger partial charge in [0, 0.05) is 18.6 Å². The average Bonchev–Trinajstić information content (AvgIpc) is 2.46. The van der Waals surface area contributed by atoms with E-state index >= 15 is 0 Å². The summed E-state index contributed by atoms with van der Waals surface area (Å²) in [4.78, 5) is 0. The van der Waals surface area contributed by atoms with Crippen molar-refractivity contribution in [1.82, 2.24) is 10.6 Å². The van der Waals surface area contributed by atoms with Crippen molar-refractivity contribution < 1.29 is 9.47 Å². The van der Waals surface area contributed by atoms with E-state index in [0.717, 1.165) is 31.9 Å². The molecule has 2 N–H and O–H groups in total. The molecule has 2 atom stereocenters. The Kier molecular flexibility index (Phi) is 5.19.